The molecule has 2 amide bonds. The lowest BCUT2D eigenvalue weighted by atomic mass is 10.1. The Morgan fingerprint density at radius 3 is 1.51 bits per heavy atom. The summed E-state index contributed by atoms with van der Waals surface area (Å²) >= 11 is 0. The predicted octanol–water partition coefficient (Wildman–Crippen LogP) is 6.09. The van der Waals surface area contributed by atoms with E-state index in [4.69, 9.17) is 10.5 Å². The van der Waals surface area contributed by atoms with Gasteiger partial charge in [-0.3, -0.25) is 9.69 Å². The molecule has 0 bridgehead atoms. The number of alkyl halides is 12. The van der Waals surface area contributed by atoms with E-state index in [2.05, 4.69) is 10.1 Å². The molecule has 0 saturated carbocycles. The third-order valence-electron chi connectivity index (χ3n) is 6.44. The van der Waals surface area contributed by atoms with Crippen LogP contribution in [-0.4, -0.2) is 82.2 Å². The van der Waals surface area contributed by atoms with Crippen molar-refractivity contribution >= 4 is 23.4 Å². The first-order valence-electron chi connectivity index (χ1n) is 13.4. The third-order valence-corrected chi connectivity index (χ3v) is 6.44. The van der Waals surface area contributed by atoms with Gasteiger partial charge in [0.1, 0.15) is 19.6 Å². The van der Waals surface area contributed by atoms with Crippen molar-refractivity contribution in [2.24, 2.45) is 0 Å². The zero-order valence-electron chi connectivity index (χ0n) is 24.9. The first kappa shape index (κ1) is 40.1. The first-order valence-corrected chi connectivity index (χ1v) is 13.4. The summed E-state index contributed by atoms with van der Waals surface area (Å²) in [5, 5.41) is 20.0. The van der Waals surface area contributed by atoms with Crippen LogP contribution in [-0.2, 0) is 21.9 Å². The maximum Gasteiger partial charge on any atom is 0.417 e. The second kappa shape index (κ2) is 15.9. The molecule has 0 unspecified atom stereocenters. The minimum atomic E-state index is -5.11. The fourth-order valence-corrected chi connectivity index (χ4v) is 4.32. The highest BCUT2D eigenvalue weighted by Crippen LogP contribution is 2.36. The van der Waals surface area contributed by atoms with Crippen LogP contribution in [0.5, 0.6) is 0 Å². The van der Waals surface area contributed by atoms with Crippen molar-refractivity contribution in [2.75, 3.05) is 62.7 Å². The van der Waals surface area contributed by atoms with Gasteiger partial charge in [0.25, 0.3) is 0 Å². The molecule has 1 N–H and O–H groups in total. The molecule has 0 fully saturated rings. The molecule has 49 heavy (non-hydrogen) atoms. The van der Waals surface area contributed by atoms with Gasteiger partial charge < -0.3 is 19.9 Å². The highest BCUT2D eigenvalue weighted by atomic mass is 19.4. The van der Waals surface area contributed by atoms with Crippen LogP contribution in [0.2, 0.25) is 0 Å². The summed E-state index contributed by atoms with van der Waals surface area (Å²) < 4.78 is 165. The summed E-state index contributed by atoms with van der Waals surface area (Å²) in [5.41, 5.74) is -6.00. The maximum atomic E-state index is 13.4. The average molecular weight is 721 g/mol. The number of methoxy groups -OCH3 is 1. The van der Waals surface area contributed by atoms with Crippen molar-refractivity contribution in [3.8, 4) is 12.1 Å². The van der Waals surface area contributed by atoms with Crippen LogP contribution in [0.4, 0.5) is 68.9 Å². The number of hydrogen-bond acceptors (Lipinski definition) is 7. The Hall–Kier alpha value is -5.08. The summed E-state index contributed by atoms with van der Waals surface area (Å²) in [6.07, 6.45) is -21.4. The van der Waals surface area contributed by atoms with E-state index in [1.807, 2.05) is 0 Å². The average Bonchev–Trinajstić information content (AvgIpc) is 2.98. The second-order valence-electron chi connectivity index (χ2n) is 9.99. The van der Waals surface area contributed by atoms with Crippen molar-refractivity contribution in [1.82, 2.24) is 10.2 Å². The molecular formula is C28H24F12N6O3. The number of ether oxygens (including phenoxy) is 1. The largest absolute Gasteiger partial charge is 0.453 e. The van der Waals surface area contributed by atoms with E-state index in [9.17, 15) is 62.3 Å². The van der Waals surface area contributed by atoms with Gasteiger partial charge in [0.15, 0.2) is 0 Å². The van der Waals surface area contributed by atoms with E-state index < -0.39 is 116 Å². The highest BCUT2D eigenvalue weighted by molar-refractivity contribution is 5.82. The third kappa shape index (κ3) is 12.5. The molecule has 2 rings (SSSR count). The van der Waals surface area contributed by atoms with E-state index in [0.29, 0.717) is 39.0 Å². The number of anilines is 2. The molecule has 0 aliphatic rings. The minimum Gasteiger partial charge on any atom is -0.453 e. The van der Waals surface area contributed by atoms with Crippen LogP contribution in [0.1, 0.15) is 22.3 Å². The topological polar surface area (TPSA) is 113 Å². The number of halogens is 12. The summed E-state index contributed by atoms with van der Waals surface area (Å²) in [6.45, 7) is -7.56. The van der Waals surface area contributed by atoms with E-state index in [0.717, 1.165) is 19.2 Å². The van der Waals surface area contributed by atoms with Crippen molar-refractivity contribution < 1.29 is 67.0 Å². The van der Waals surface area contributed by atoms with Gasteiger partial charge in [0, 0.05) is 37.6 Å². The number of carbonyl (C=O) groups is 2. The molecule has 0 aliphatic heterocycles. The SMILES string of the molecule is COC(=O)N(CCN(CC(F)(F)F)c1ccc(C#N)c(C(F)(F)F)c1)CC(=O)NCCN(CC(F)(F)F)c1ccc(C#N)c(C(F)(F)F)c1. The molecule has 2 aromatic carbocycles. The van der Waals surface area contributed by atoms with Crippen LogP contribution >= 0.6 is 0 Å². The summed E-state index contributed by atoms with van der Waals surface area (Å²) in [5.74, 6) is -1.10. The molecule has 0 aliphatic carbocycles. The number of nitrogens with zero attached hydrogens (tertiary/aromatic N) is 5. The number of rotatable bonds is 12. The van der Waals surface area contributed by atoms with E-state index in [-0.39, 0.29) is 0 Å². The standard InChI is InChI=1S/C28H24F12N6O3/c1-49-24(48)44(8-9-46(16-26(32,33)34)20-5-3-18(13-42)22(11-20)28(38,39)40)14-23(47)43-6-7-45(15-25(29,30)31)19-4-2-17(12-41)21(10-19)27(35,36)37/h2-5,10-11H,6-9,14-16H2,1H3,(H,43,47). The maximum absolute atomic E-state index is 13.4. The second-order valence-corrected chi connectivity index (χ2v) is 9.99. The summed E-state index contributed by atoms with van der Waals surface area (Å²) in [4.78, 5) is 26.2. The van der Waals surface area contributed by atoms with Crippen LogP contribution in [0.25, 0.3) is 0 Å². The van der Waals surface area contributed by atoms with Crippen LogP contribution < -0.4 is 15.1 Å². The zero-order chi connectivity index (χ0) is 37.4. The Kier molecular flexibility index (Phi) is 13.0. The Morgan fingerprint density at radius 1 is 0.714 bits per heavy atom. The number of nitrogens with one attached hydrogen (secondary N) is 1. The number of hydrogen-bond donors (Lipinski definition) is 1. The number of benzene rings is 2. The lowest BCUT2D eigenvalue weighted by molar-refractivity contribution is -0.138. The van der Waals surface area contributed by atoms with Crippen molar-refractivity contribution in [2.45, 2.75) is 24.7 Å². The minimum absolute atomic E-state index is 0.303. The zero-order valence-corrected chi connectivity index (χ0v) is 24.9. The number of nitriles is 2. The molecule has 0 spiro atoms. The van der Waals surface area contributed by atoms with E-state index in [1.54, 1.807) is 0 Å². The van der Waals surface area contributed by atoms with E-state index >= 15 is 0 Å². The van der Waals surface area contributed by atoms with Crippen molar-refractivity contribution in [3.63, 3.8) is 0 Å². The molecular weight excluding hydrogens is 696 g/mol. The van der Waals surface area contributed by atoms with Gasteiger partial charge in [-0.25, -0.2) is 4.79 Å². The molecule has 2 aromatic rings. The molecule has 0 aromatic heterocycles. The smallest absolute Gasteiger partial charge is 0.417 e. The number of carbonyl (C=O) groups excluding carboxylic acids is 2. The molecule has 268 valence electrons. The Morgan fingerprint density at radius 2 is 1.14 bits per heavy atom. The van der Waals surface area contributed by atoms with Crippen LogP contribution in [0, 0.1) is 22.7 Å². The fraction of sp³-hybridized carbons (Fsp3) is 0.429. The molecule has 0 heterocycles. The lowest BCUT2D eigenvalue weighted by Crippen LogP contribution is -2.47. The van der Waals surface area contributed by atoms with E-state index in [1.165, 1.54) is 12.1 Å². The van der Waals surface area contributed by atoms with Gasteiger partial charge in [0.05, 0.1) is 41.5 Å². The van der Waals surface area contributed by atoms with Gasteiger partial charge in [-0.05, 0) is 36.4 Å². The Labute approximate surface area is 269 Å². The van der Waals surface area contributed by atoms with Gasteiger partial charge in [-0.15, -0.1) is 0 Å². The molecule has 0 radical (unpaired) electrons. The number of amides is 2. The fourth-order valence-electron chi connectivity index (χ4n) is 4.32. The Bertz CT molecular complexity index is 1560. The Balaban J connectivity index is 2.23. The highest BCUT2D eigenvalue weighted by Gasteiger charge is 2.38. The van der Waals surface area contributed by atoms with Crippen LogP contribution in [0.3, 0.4) is 0 Å². The van der Waals surface area contributed by atoms with Gasteiger partial charge in [0.2, 0.25) is 5.91 Å². The lowest BCUT2D eigenvalue weighted by Gasteiger charge is -2.30. The predicted molar refractivity (Wildman–Crippen MR) is 146 cm³/mol. The van der Waals surface area contributed by atoms with Crippen molar-refractivity contribution in [1.29, 1.82) is 10.5 Å². The van der Waals surface area contributed by atoms with Crippen molar-refractivity contribution in [3.05, 3.63) is 58.7 Å². The van der Waals surface area contributed by atoms with Gasteiger partial charge >= 0.3 is 30.8 Å². The van der Waals surface area contributed by atoms with Gasteiger partial charge in [-0.1, -0.05) is 0 Å². The normalized spacial score (nSPS) is 12.1. The molecule has 9 nitrogen and oxygen atoms in total. The quantitative estimate of drug-likeness (QED) is 0.264. The molecule has 0 saturated heterocycles. The summed E-state index contributed by atoms with van der Waals surface area (Å²) in [6, 6.07) is 6.14. The molecule has 21 heteroatoms. The molecule has 0 atom stereocenters. The first-order chi connectivity index (χ1) is 22.5. The summed E-state index contributed by atoms with van der Waals surface area (Å²) in [7, 11) is 0.832. The monoisotopic (exact) mass is 720 g/mol. The van der Waals surface area contributed by atoms with Gasteiger partial charge in [-0.2, -0.15) is 63.2 Å². The van der Waals surface area contributed by atoms with Crippen LogP contribution in [0.15, 0.2) is 36.4 Å².